The molecule has 0 saturated heterocycles. The fourth-order valence-electron chi connectivity index (χ4n) is 3.61. The lowest BCUT2D eigenvalue weighted by molar-refractivity contribution is 0.0697. The standard InChI is InChI=1S/C23H25NO3.ClH/c1-24(2)15-20-10-9-17(11-16-5-3-7-19(12-16)23(26)27)13-22(20)18-6-4-8-21(25)14-18;/h3-8,11-14,20,25H,9-10,15H2,1-2H3,(H,26,27);1H/b17-11-;. The minimum atomic E-state index is -0.916. The molecule has 0 fully saturated rings. The first-order valence-electron chi connectivity index (χ1n) is 9.12. The van der Waals surface area contributed by atoms with Crippen molar-refractivity contribution >= 4 is 30.0 Å². The van der Waals surface area contributed by atoms with Crippen LogP contribution >= 0.6 is 12.4 Å². The van der Waals surface area contributed by atoms with Gasteiger partial charge in [0.1, 0.15) is 5.75 Å². The molecule has 1 aliphatic carbocycles. The van der Waals surface area contributed by atoms with Gasteiger partial charge in [-0.1, -0.05) is 36.4 Å². The first-order valence-corrected chi connectivity index (χ1v) is 9.12. The number of hydrogen-bond donors (Lipinski definition) is 2. The zero-order valence-electron chi connectivity index (χ0n) is 16.1. The minimum Gasteiger partial charge on any atom is -0.508 e. The molecule has 0 radical (unpaired) electrons. The summed E-state index contributed by atoms with van der Waals surface area (Å²) in [4.78, 5) is 13.4. The van der Waals surface area contributed by atoms with E-state index >= 15 is 0 Å². The van der Waals surface area contributed by atoms with Crippen LogP contribution in [-0.4, -0.2) is 41.7 Å². The van der Waals surface area contributed by atoms with Crippen molar-refractivity contribution in [1.82, 2.24) is 4.90 Å². The molecule has 0 aromatic heterocycles. The normalized spacial score (nSPS) is 17.9. The summed E-state index contributed by atoms with van der Waals surface area (Å²) in [6.07, 6.45) is 6.21. The molecule has 5 heteroatoms. The molecule has 0 bridgehead atoms. The zero-order chi connectivity index (χ0) is 19.4. The third kappa shape index (κ3) is 5.47. The summed E-state index contributed by atoms with van der Waals surface area (Å²) < 4.78 is 0. The molecule has 148 valence electrons. The SMILES string of the molecule is CN(C)CC1CC/C(=C/c2cccc(C(=O)O)c2)C=C1c1cccc(O)c1.Cl. The summed E-state index contributed by atoms with van der Waals surface area (Å²) in [5.74, 6) is -0.257. The highest BCUT2D eigenvalue weighted by Gasteiger charge is 2.22. The quantitative estimate of drug-likeness (QED) is 0.746. The topological polar surface area (TPSA) is 60.8 Å². The Morgan fingerprint density at radius 2 is 1.93 bits per heavy atom. The second kappa shape index (κ2) is 9.58. The van der Waals surface area contributed by atoms with Gasteiger partial charge < -0.3 is 15.1 Å². The average Bonchev–Trinajstić information content (AvgIpc) is 2.63. The molecule has 4 nitrogen and oxygen atoms in total. The van der Waals surface area contributed by atoms with Crippen LogP contribution in [0.3, 0.4) is 0 Å². The Labute approximate surface area is 172 Å². The van der Waals surface area contributed by atoms with E-state index in [9.17, 15) is 15.0 Å². The summed E-state index contributed by atoms with van der Waals surface area (Å²) in [5, 5.41) is 19.1. The van der Waals surface area contributed by atoms with Crippen molar-refractivity contribution in [3.8, 4) is 5.75 Å². The van der Waals surface area contributed by atoms with E-state index in [-0.39, 0.29) is 18.2 Å². The van der Waals surface area contributed by atoms with E-state index < -0.39 is 5.97 Å². The van der Waals surface area contributed by atoms with Crippen molar-refractivity contribution in [1.29, 1.82) is 0 Å². The maximum Gasteiger partial charge on any atom is 0.335 e. The number of aromatic hydroxyl groups is 1. The number of phenols is 1. The lowest BCUT2D eigenvalue weighted by Crippen LogP contribution is -2.24. The molecule has 0 spiro atoms. The number of allylic oxidation sites excluding steroid dienone is 2. The van der Waals surface area contributed by atoms with Crippen LogP contribution in [0.25, 0.3) is 11.6 Å². The first-order chi connectivity index (χ1) is 12.9. The number of carboxylic acid groups (broad SMARTS) is 1. The van der Waals surface area contributed by atoms with Gasteiger partial charge in [-0.2, -0.15) is 0 Å². The van der Waals surface area contributed by atoms with Crippen molar-refractivity contribution < 1.29 is 15.0 Å². The fraction of sp³-hybridized carbons (Fsp3) is 0.261. The number of carbonyl (C=O) groups is 1. The van der Waals surface area contributed by atoms with E-state index in [0.29, 0.717) is 11.5 Å². The number of rotatable bonds is 5. The van der Waals surface area contributed by atoms with Crippen LogP contribution in [0.4, 0.5) is 0 Å². The summed E-state index contributed by atoms with van der Waals surface area (Å²) in [6.45, 7) is 0.948. The molecule has 1 unspecified atom stereocenters. The van der Waals surface area contributed by atoms with E-state index in [1.807, 2.05) is 24.3 Å². The third-order valence-corrected chi connectivity index (χ3v) is 4.81. The summed E-state index contributed by atoms with van der Waals surface area (Å²) >= 11 is 0. The Morgan fingerprint density at radius 3 is 2.61 bits per heavy atom. The number of benzene rings is 2. The molecule has 2 aromatic rings. The molecule has 0 heterocycles. The second-order valence-electron chi connectivity index (χ2n) is 7.30. The van der Waals surface area contributed by atoms with Crippen LogP contribution < -0.4 is 0 Å². The van der Waals surface area contributed by atoms with Crippen molar-refractivity contribution in [2.45, 2.75) is 12.8 Å². The molecule has 2 aromatic carbocycles. The summed E-state index contributed by atoms with van der Waals surface area (Å²) in [7, 11) is 4.14. The number of aromatic carboxylic acids is 1. The van der Waals surface area contributed by atoms with Gasteiger partial charge >= 0.3 is 5.97 Å². The number of phenolic OH excluding ortho intramolecular Hbond substituents is 1. The number of carboxylic acids is 1. The van der Waals surface area contributed by atoms with Gasteiger partial charge in [0.25, 0.3) is 0 Å². The lowest BCUT2D eigenvalue weighted by Gasteiger charge is -2.28. The molecule has 1 aliphatic rings. The Hall–Kier alpha value is -2.56. The molecule has 28 heavy (non-hydrogen) atoms. The van der Waals surface area contributed by atoms with Gasteiger partial charge in [-0.25, -0.2) is 4.79 Å². The van der Waals surface area contributed by atoms with E-state index in [1.165, 1.54) is 11.1 Å². The number of nitrogens with zero attached hydrogens (tertiary/aromatic N) is 1. The Morgan fingerprint density at radius 1 is 1.18 bits per heavy atom. The highest BCUT2D eigenvalue weighted by atomic mass is 35.5. The van der Waals surface area contributed by atoms with Crippen LogP contribution in [0.15, 0.2) is 60.2 Å². The first kappa shape index (κ1) is 21.7. The maximum absolute atomic E-state index is 11.2. The molecule has 3 rings (SSSR count). The number of halogens is 1. The van der Waals surface area contributed by atoms with Gasteiger partial charge in [-0.05, 0) is 79.4 Å². The molecule has 0 saturated carbocycles. The smallest absolute Gasteiger partial charge is 0.335 e. The second-order valence-corrected chi connectivity index (χ2v) is 7.30. The third-order valence-electron chi connectivity index (χ3n) is 4.81. The minimum absolute atomic E-state index is 0. The van der Waals surface area contributed by atoms with Crippen LogP contribution in [-0.2, 0) is 0 Å². The molecule has 1 atom stereocenters. The van der Waals surface area contributed by atoms with Gasteiger partial charge in [-0.3, -0.25) is 0 Å². The maximum atomic E-state index is 11.2. The molecule has 2 N–H and O–H groups in total. The van der Waals surface area contributed by atoms with E-state index in [0.717, 1.165) is 30.5 Å². The van der Waals surface area contributed by atoms with Crippen LogP contribution in [0.2, 0.25) is 0 Å². The fourth-order valence-corrected chi connectivity index (χ4v) is 3.61. The summed E-state index contributed by atoms with van der Waals surface area (Å²) in [5.41, 5.74) is 4.61. The van der Waals surface area contributed by atoms with Gasteiger partial charge in [0.2, 0.25) is 0 Å². The van der Waals surface area contributed by atoms with Gasteiger partial charge in [-0.15, -0.1) is 12.4 Å². The molecule has 0 amide bonds. The monoisotopic (exact) mass is 399 g/mol. The van der Waals surface area contributed by atoms with Crippen molar-refractivity contribution in [2.24, 2.45) is 5.92 Å². The van der Waals surface area contributed by atoms with Crippen molar-refractivity contribution in [3.63, 3.8) is 0 Å². The predicted octanol–water partition coefficient (Wildman–Crippen LogP) is 4.95. The average molecular weight is 400 g/mol. The number of hydrogen-bond acceptors (Lipinski definition) is 3. The van der Waals surface area contributed by atoms with Gasteiger partial charge in [0.15, 0.2) is 0 Å². The van der Waals surface area contributed by atoms with Crippen LogP contribution in [0.1, 0.15) is 34.3 Å². The Balaban J connectivity index is 0.00000280. The van der Waals surface area contributed by atoms with E-state index in [4.69, 9.17) is 0 Å². The van der Waals surface area contributed by atoms with Crippen LogP contribution in [0.5, 0.6) is 5.75 Å². The van der Waals surface area contributed by atoms with E-state index in [2.05, 4.69) is 31.1 Å². The van der Waals surface area contributed by atoms with Gasteiger partial charge in [0.05, 0.1) is 5.56 Å². The van der Waals surface area contributed by atoms with Crippen LogP contribution in [0, 0.1) is 5.92 Å². The Bertz CT molecular complexity index is 902. The molecule has 0 aliphatic heterocycles. The van der Waals surface area contributed by atoms with Crippen molar-refractivity contribution in [2.75, 3.05) is 20.6 Å². The highest BCUT2D eigenvalue weighted by Crippen LogP contribution is 2.36. The van der Waals surface area contributed by atoms with Gasteiger partial charge in [0, 0.05) is 6.54 Å². The lowest BCUT2D eigenvalue weighted by atomic mass is 9.81. The largest absolute Gasteiger partial charge is 0.508 e. The highest BCUT2D eigenvalue weighted by molar-refractivity contribution is 5.88. The summed E-state index contributed by atoms with van der Waals surface area (Å²) in [6, 6.07) is 14.4. The zero-order valence-corrected chi connectivity index (χ0v) is 16.9. The van der Waals surface area contributed by atoms with Crippen molar-refractivity contribution in [3.05, 3.63) is 76.9 Å². The van der Waals surface area contributed by atoms with E-state index in [1.54, 1.807) is 24.3 Å². The predicted molar refractivity (Wildman–Crippen MR) is 116 cm³/mol. The molecular weight excluding hydrogens is 374 g/mol. The Kier molecular flexibility index (Phi) is 7.44. The molecular formula is C23H26ClNO3.